The zero-order valence-corrected chi connectivity index (χ0v) is 11.5. The van der Waals surface area contributed by atoms with Crippen LogP contribution in [0.5, 0.6) is 0 Å². The second-order valence-electron chi connectivity index (χ2n) is 5.28. The first-order valence-electron chi connectivity index (χ1n) is 7.03. The fraction of sp³-hybridized carbons (Fsp3) is 0.375. The molecule has 0 aliphatic heterocycles. The average Bonchev–Trinajstić information content (AvgIpc) is 2.77. The molecule has 0 radical (unpaired) electrons. The van der Waals surface area contributed by atoms with Gasteiger partial charge >= 0.3 is 5.97 Å². The Labute approximate surface area is 118 Å². The molecule has 1 heterocycles. The van der Waals surface area contributed by atoms with Crippen molar-refractivity contribution in [3.8, 4) is 0 Å². The van der Waals surface area contributed by atoms with Gasteiger partial charge in [-0.3, -0.25) is 0 Å². The topological polar surface area (TPSA) is 55.1 Å². The third-order valence-corrected chi connectivity index (χ3v) is 3.95. The van der Waals surface area contributed by atoms with E-state index in [2.05, 4.69) is 4.98 Å². The molecular weight excluding hydrogens is 252 g/mol. The van der Waals surface area contributed by atoms with E-state index in [1.54, 1.807) is 0 Å². The molecule has 20 heavy (non-hydrogen) atoms. The van der Waals surface area contributed by atoms with E-state index in [1.165, 1.54) is 0 Å². The zero-order chi connectivity index (χ0) is 14.1. The van der Waals surface area contributed by atoms with Gasteiger partial charge in [-0.2, -0.15) is 0 Å². The molecule has 0 spiro atoms. The molecule has 1 N–H and O–H groups in total. The van der Waals surface area contributed by atoms with Crippen molar-refractivity contribution in [3.05, 3.63) is 53.1 Å². The summed E-state index contributed by atoms with van der Waals surface area (Å²) in [5.41, 5.74) is 2.98. The van der Waals surface area contributed by atoms with Gasteiger partial charge in [0.05, 0.1) is 5.69 Å². The normalized spacial score (nSPS) is 15.7. The smallest absolute Gasteiger partial charge is 0.331 e. The number of fused-ring (bicyclic) bond motifs is 1. The number of hydrogen-bond donors (Lipinski definition) is 1. The summed E-state index contributed by atoms with van der Waals surface area (Å²) in [6.45, 7) is 1.90. The SMILES string of the molecule is Cc1nc2c(n1C(C(=O)O)c1ccccc1)CCCC2. The first-order chi connectivity index (χ1) is 9.68. The van der Waals surface area contributed by atoms with Crippen LogP contribution in [-0.4, -0.2) is 20.6 Å². The average molecular weight is 270 g/mol. The molecule has 4 nitrogen and oxygen atoms in total. The van der Waals surface area contributed by atoms with E-state index in [9.17, 15) is 9.90 Å². The summed E-state index contributed by atoms with van der Waals surface area (Å²) >= 11 is 0. The van der Waals surface area contributed by atoms with E-state index in [4.69, 9.17) is 0 Å². The molecule has 3 rings (SSSR count). The number of imidazole rings is 1. The Balaban J connectivity index is 2.14. The Morgan fingerprint density at radius 3 is 2.65 bits per heavy atom. The number of carbonyl (C=O) groups is 1. The predicted molar refractivity (Wildman–Crippen MR) is 75.8 cm³/mol. The van der Waals surface area contributed by atoms with Crippen molar-refractivity contribution < 1.29 is 9.90 Å². The van der Waals surface area contributed by atoms with Gasteiger partial charge in [-0.05, 0) is 38.2 Å². The summed E-state index contributed by atoms with van der Waals surface area (Å²) in [5.74, 6) is -0.0294. The number of nitrogens with zero attached hydrogens (tertiary/aromatic N) is 2. The summed E-state index contributed by atoms with van der Waals surface area (Å²) in [4.78, 5) is 16.4. The number of carboxylic acids is 1. The molecule has 2 aromatic rings. The van der Waals surface area contributed by atoms with Crippen LogP contribution < -0.4 is 0 Å². The van der Waals surface area contributed by atoms with E-state index in [0.29, 0.717) is 0 Å². The van der Waals surface area contributed by atoms with Gasteiger partial charge in [0.2, 0.25) is 0 Å². The molecule has 1 aliphatic rings. The molecule has 4 heteroatoms. The molecule has 1 atom stereocenters. The van der Waals surface area contributed by atoms with Gasteiger partial charge in [-0.15, -0.1) is 0 Å². The second kappa shape index (κ2) is 5.12. The Morgan fingerprint density at radius 2 is 1.95 bits per heavy atom. The van der Waals surface area contributed by atoms with Crippen LogP contribution >= 0.6 is 0 Å². The Kier molecular flexibility index (Phi) is 3.30. The molecule has 1 aliphatic carbocycles. The van der Waals surface area contributed by atoms with Gasteiger partial charge < -0.3 is 9.67 Å². The molecule has 1 unspecified atom stereocenters. The van der Waals surface area contributed by atoms with Gasteiger partial charge in [0.25, 0.3) is 0 Å². The first kappa shape index (κ1) is 12.9. The monoisotopic (exact) mass is 270 g/mol. The summed E-state index contributed by atoms with van der Waals surface area (Å²) in [7, 11) is 0. The highest BCUT2D eigenvalue weighted by Crippen LogP contribution is 2.29. The van der Waals surface area contributed by atoms with Crippen molar-refractivity contribution in [2.75, 3.05) is 0 Å². The summed E-state index contributed by atoms with van der Waals surface area (Å²) in [5, 5.41) is 9.68. The standard InChI is InChI=1S/C16H18N2O2/c1-11-17-13-9-5-6-10-14(13)18(11)15(16(19)20)12-7-3-2-4-8-12/h2-4,7-8,15H,5-6,9-10H2,1H3,(H,19,20). The molecule has 0 fully saturated rings. The van der Waals surface area contributed by atoms with Crippen LogP contribution in [0.25, 0.3) is 0 Å². The lowest BCUT2D eigenvalue weighted by Crippen LogP contribution is -2.24. The van der Waals surface area contributed by atoms with Crippen molar-refractivity contribution in [1.29, 1.82) is 0 Å². The van der Waals surface area contributed by atoms with Crippen LogP contribution in [0.4, 0.5) is 0 Å². The van der Waals surface area contributed by atoms with Crippen molar-refractivity contribution in [2.24, 2.45) is 0 Å². The number of aryl methyl sites for hydroxylation is 2. The third-order valence-electron chi connectivity index (χ3n) is 3.95. The molecule has 0 amide bonds. The van der Waals surface area contributed by atoms with Crippen LogP contribution in [0.2, 0.25) is 0 Å². The Hall–Kier alpha value is -2.10. The largest absolute Gasteiger partial charge is 0.479 e. The van der Waals surface area contributed by atoms with Crippen LogP contribution in [0.3, 0.4) is 0 Å². The van der Waals surface area contributed by atoms with E-state index in [0.717, 1.165) is 48.5 Å². The van der Waals surface area contributed by atoms with Crippen molar-refractivity contribution in [1.82, 2.24) is 9.55 Å². The molecule has 0 saturated carbocycles. The number of aliphatic carboxylic acids is 1. The zero-order valence-electron chi connectivity index (χ0n) is 11.5. The molecule has 0 bridgehead atoms. The van der Waals surface area contributed by atoms with Gasteiger partial charge in [-0.1, -0.05) is 30.3 Å². The summed E-state index contributed by atoms with van der Waals surface area (Å²) in [6.07, 6.45) is 4.14. The number of aromatic nitrogens is 2. The third kappa shape index (κ3) is 2.11. The first-order valence-corrected chi connectivity index (χ1v) is 7.03. The maximum absolute atomic E-state index is 11.8. The highest BCUT2D eigenvalue weighted by molar-refractivity contribution is 5.76. The van der Waals surface area contributed by atoms with Crippen LogP contribution in [0.15, 0.2) is 30.3 Å². The lowest BCUT2D eigenvalue weighted by molar-refractivity contribution is -0.139. The van der Waals surface area contributed by atoms with Crippen molar-refractivity contribution in [2.45, 2.75) is 38.6 Å². The number of benzene rings is 1. The quantitative estimate of drug-likeness (QED) is 0.933. The Bertz CT molecular complexity index is 631. The summed E-state index contributed by atoms with van der Waals surface area (Å²) in [6, 6.07) is 8.72. The number of carboxylic acid groups (broad SMARTS) is 1. The minimum absolute atomic E-state index is 0.675. The number of rotatable bonds is 3. The minimum atomic E-state index is -0.829. The van der Waals surface area contributed by atoms with E-state index in [-0.39, 0.29) is 0 Å². The highest BCUT2D eigenvalue weighted by Gasteiger charge is 2.28. The highest BCUT2D eigenvalue weighted by atomic mass is 16.4. The lowest BCUT2D eigenvalue weighted by atomic mass is 9.99. The van der Waals surface area contributed by atoms with E-state index < -0.39 is 12.0 Å². The van der Waals surface area contributed by atoms with E-state index in [1.807, 2.05) is 41.8 Å². The molecule has 0 saturated heterocycles. The second-order valence-corrected chi connectivity index (χ2v) is 5.28. The molecule has 1 aromatic heterocycles. The number of hydrogen-bond acceptors (Lipinski definition) is 2. The maximum Gasteiger partial charge on any atom is 0.331 e. The van der Waals surface area contributed by atoms with Crippen LogP contribution in [0.1, 0.15) is 41.7 Å². The van der Waals surface area contributed by atoms with E-state index >= 15 is 0 Å². The summed E-state index contributed by atoms with van der Waals surface area (Å²) < 4.78 is 1.91. The van der Waals surface area contributed by atoms with Gasteiger partial charge in [0, 0.05) is 5.69 Å². The predicted octanol–water partition coefficient (Wildman–Crippen LogP) is 2.74. The molecule has 104 valence electrons. The maximum atomic E-state index is 11.8. The Morgan fingerprint density at radius 1 is 1.25 bits per heavy atom. The van der Waals surface area contributed by atoms with Gasteiger partial charge in [-0.25, -0.2) is 9.78 Å². The van der Waals surface area contributed by atoms with Gasteiger partial charge in [0.1, 0.15) is 5.82 Å². The van der Waals surface area contributed by atoms with Gasteiger partial charge in [0.15, 0.2) is 6.04 Å². The minimum Gasteiger partial charge on any atom is -0.479 e. The van der Waals surface area contributed by atoms with Crippen LogP contribution in [-0.2, 0) is 17.6 Å². The fourth-order valence-corrected chi connectivity index (χ4v) is 3.08. The molecular formula is C16H18N2O2. The fourth-order valence-electron chi connectivity index (χ4n) is 3.08. The lowest BCUT2D eigenvalue weighted by Gasteiger charge is -2.21. The van der Waals surface area contributed by atoms with Crippen molar-refractivity contribution >= 4 is 5.97 Å². The molecule has 1 aromatic carbocycles. The van der Waals surface area contributed by atoms with Crippen LogP contribution in [0, 0.1) is 6.92 Å². The van der Waals surface area contributed by atoms with Crippen molar-refractivity contribution in [3.63, 3.8) is 0 Å².